The van der Waals surface area contributed by atoms with Gasteiger partial charge in [0.1, 0.15) is 18.8 Å². The number of alkyl halides is 3. The van der Waals surface area contributed by atoms with Gasteiger partial charge in [-0.15, -0.1) is 0 Å². The molecule has 9 heteroatoms. The minimum absolute atomic E-state index is 0.00849. The molecule has 2 aromatic rings. The standard InChI is InChI=1S/C18H17ClF3NO4/c19-14-7-12(6-13(8-14)18(20,21)22)16(25)15(24)9-23-17(26)27-10-11-4-2-1-3-5-11/h1-8,15-16,24-25H,9-10H2,(H,23,26). The second-order valence-electron chi connectivity index (χ2n) is 5.73. The molecule has 0 bridgehead atoms. The van der Waals surface area contributed by atoms with E-state index in [1.165, 1.54) is 0 Å². The van der Waals surface area contributed by atoms with Gasteiger partial charge in [-0.25, -0.2) is 4.79 Å². The minimum atomic E-state index is -4.65. The Balaban J connectivity index is 1.90. The van der Waals surface area contributed by atoms with Gasteiger partial charge in [-0.05, 0) is 29.3 Å². The van der Waals surface area contributed by atoms with Crippen LogP contribution in [0, 0.1) is 0 Å². The summed E-state index contributed by atoms with van der Waals surface area (Å²) in [6.07, 6.45) is -8.73. The molecule has 2 rings (SSSR count). The predicted molar refractivity (Wildman–Crippen MR) is 92.1 cm³/mol. The van der Waals surface area contributed by atoms with Crippen LogP contribution in [0.4, 0.5) is 18.0 Å². The van der Waals surface area contributed by atoms with E-state index in [1.807, 2.05) is 0 Å². The maximum absolute atomic E-state index is 12.8. The Labute approximate surface area is 158 Å². The Bertz CT molecular complexity index is 771. The number of amides is 1. The molecule has 2 atom stereocenters. The number of halogens is 4. The summed E-state index contributed by atoms with van der Waals surface area (Å²) in [4.78, 5) is 11.6. The van der Waals surface area contributed by atoms with Gasteiger partial charge in [-0.1, -0.05) is 41.9 Å². The topological polar surface area (TPSA) is 78.8 Å². The molecule has 0 radical (unpaired) electrons. The highest BCUT2D eigenvalue weighted by molar-refractivity contribution is 6.30. The number of aliphatic hydroxyl groups excluding tert-OH is 2. The molecule has 146 valence electrons. The number of alkyl carbamates (subject to hydrolysis) is 1. The molecule has 0 spiro atoms. The molecular formula is C18H17ClF3NO4. The quantitative estimate of drug-likeness (QED) is 0.687. The SMILES string of the molecule is O=C(NCC(O)C(O)c1cc(Cl)cc(C(F)(F)F)c1)OCc1ccccc1. The third-order valence-corrected chi connectivity index (χ3v) is 3.84. The highest BCUT2D eigenvalue weighted by Gasteiger charge is 2.32. The first kappa shape index (κ1) is 21.0. The molecule has 3 N–H and O–H groups in total. The van der Waals surface area contributed by atoms with Crippen molar-refractivity contribution in [3.05, 3.63) is 70.2 Å². The molecule has 27 heavy (non-hydrogen) atoms. The van der Waals surface area contributed by atoms with Crippen molar-refractivity contribution in [1.82, 2.24) is 5.32 Å². The van der Waals surface area contributed by atoms with Gasteiger partial charge in [0.05, 0.1) is 5.56 Å². The lowest BCUT2D eigenvalue weighted by Crippen LogP contribution is -2.35. The van der Waals surface area contributed by atoms with E-state index in [9.17, 15) is 28.2 Å². The number of carbonyl (C=O) groups excluding carboxylic acids is 1. The van der Waals surface area contributed by atoms with Crippen LogP contribution in [0.15, 0.2) is 48.5 Å². The van der Waals surface area contributed by atoms with E-state index in [4.69, 9.17) is 16.3 Å². The van der Waals surface area contributed by atoms with Crippen molar-refractivity contribution in [2.45, 2.75) is 25.0 Å². The summed E-state index contributed by atoms with van der Waals surface area (Å²) in [5.74, 6) is 0. The fraction of sp³-hybridized carbons (Fsp3) is 0.278. The van der Waals surface area contributed by atoms with Crippen LogP contribution in [0.3, 0.4) is 0 Å². The van der Waals surface area contributed by atoms with Crippen molar-refractivity contribution in [3.8, 4) is 0 Å². The molecule has 0 aliphatic heterocycles. The van der Waals surface area contributed by atoms with E-state index in [1.54, 1.807) is 30.3 Å². The van der Waals surface area contributed by atoms with E-state index in [0.717, 1.165) is 11.6 Å². The zero-order valence-corrected chi connectivity index (χ0v) is 14.7. The predicted octanol–water partition coefficient (Wildman–Crippen LogP) is 3.68. The third-order valence-electron chi connectivity index (χ3n) is 3.62. The van der Waals surface area contributed by atoms with Crippen LogP contribution in [-0.2, 0) is 17.5 Å². The maximum atomic E-state index is 12.8. The summed E-state index contributed by atoms with van der Waals surface area (Å²) in [6, 6.07) is 11.4. The van der Waals surface area contributed by atoms with Gasteiger partial charge < -0.3 is 20.3 Å². The fourth-order valence-electron chi connectivity index (χ4n) is 2.24. The first-order valence-corrected chi connectivity index (χ1v) is 8.23. The van der Waals surface area contributed by atoms with E-state index < -0.39 is 36.6 Å². The molecule has 0 heterocycles. The summed E-state index contributed by atoms with van der Waals surface area (Å²) < 4.78 is 43.4. The lowest BCUT2D eigenvalue weighted by Gasteiger charge is -2.20. The fourth-order valence-corrected chi connectivity index (χ4v) is 2.49. The van der Waals surface area contributed by atoms with Crippen molar-refractivity contribution in [3.63, 3.8) is 0 Å². The largest absolute Gasteiger partial charge is 0.445 e. The number of hydrogen-bond donors (Lipinski definition) is 3. The molecule has 0 saturated heterocycles. The minimum Gasteiger partial charge on any atom is -0.445 e. The number of aliphatic hydroxyl groups is 2. The summed E-state index contributed by atoms with van der Waals surface area (Å²) in [6.45, 7) is -0.419. The van der Waals surface area contributed by atoms with Crippen LogP contribution in [0.2, 0.25) is 5.02 Å². The number of carbonyl (C=O) groups is 1. The van der Waals surface area contributed by atoms with Gasteiger partial charge in [0.25, 0.3) is 0 Å². The molecule has 0 aliphatic rings. The molecule has 5 nitrogen and oxygen atoms in total. The van der Waals surface area contributed by atoms with Crippen molar-refractivity contribution in [1.29, 1.82) is 0 Å². The van der Waals surface area contributed by atoms with Gasteiger partial charge in [0, 0.05) is 11.6 Å². The summed E-state index contributed by atoms with van der Waals surface area (Å²) in [7, 11) is 0. The molecule has 0 fully saturated rings. The Hall–Kier alpha value is -2.29. The first-order valence-electron chi connectivity index (χ1n) is 7.85. The summed E-state index contributed by atoms with van der Waals surface area (Å²) >= 11 is 5.65. The molecule has 2 unspecified atom stereocenters. The second kappa shape index (κ2) is 9.07. The van der Waals surface area contributed by atoms with E-state index >= 15 is 0 Å². The van der Waals surface area contributed by atoms with Crippen molar-refractivity contribution in [2.75, 3.05) is 6.54 Å². The number of hydrogen-bond acceptors (Lipinski definition) is 4. The smallest absolute Gasteiger partial charge is 0.416 e. The maximum Gasteiger partial charge on any atom is 0.416 e. The van der Waals surface area contributed by atoms with Crippen LogP contribution in [-0.4, -0.2) is 29.0 Å². The first-order chi connectivity index (χ1) is 12.7. The van der Waals surface area contributed by atoms with Gasteiger partial charge in [-0.2, -0.15) is 13.2 Å². The van der Waals surface area contributed by atoms with Gasteiger partial charge >= 0.3 is 12.3 Å². The van der Waals surface area contributed by atoms with Crippen molar-refractivity contribution < 1.29 is 32.9 Å². The van der Waals surface area contributed by atoms with E-state index in [-0.39, 0.29) is 17.2 Å². The van der Waals surface area contributed by atoms with Crippen LogP contribution in [0.5, 0.6) is 0 Å². The van der Waals surface area contributed by atoms with Crippen LogP contribution < -0.4 is 5.32 Å². The molecular weight excluding hydrogens is 387 g/mol. The molecule has 0 aromatic heterocycles. The number of ether oxygens (including phenoxy) is 1. The Morgan fingerprint density at radius 1 is 1.15 bits per heavy atom. The van der Waals surface area contributed by atoms with Crippen LogP contribution in [0.25, 0.3) is 0 Å². The Morgan fingerprint density at radius 2 is 1.81 bits per heavy atom. The number of nitrogens with one attached hydrogen (secondary N) is 1. The lowest BCUT2D eigenvalue weighted by atomic mass is 10.0. The summed E-state index contributed by atoms with van der Waals surface area (Å²) in [5.41, 5.74) is -0.514. The monoisotopic (exact) mass is 403 g/mol. The highest BCUT2D eigenvalue weighted by atomic mass is 35.5. The number of rotatable bonds is 6. The van der Waals surface area contributed by atoms with Gasteiger partial charge in [-0.3, -0.25) is 0 Å². The Morgan fingerprint density at radius 3 is 2.44 bits per heavy atom. The van der Waals surface area contributed by atoms with Crippen LogP contribution in [0.1, 0.15) is 22.8 Å². The van der Waals surface area contributed by atoms with Crippen molar-refractivity contribution in [2.24, 2.45) is 0 Å². The van der Waals surface area contributed by atoms with Crippen LogP contribution >= 0.6 is 11.6 Å². The summed E-state index contributed by atoms with van der Waals surface area (Å²) in [5, 5.41) is 22.0. The Kier molecular flexibility index (Phi) is 7.06. The average molecular weight is 404 g/mol. The average Bonchev–Trinajstić information content (AvgIpc) is 2.63. The lowest BCUT2D eigenvalue weighted by molar-refractivity contribution is -0.137. The number of benzene rings is 2. The molecule has 0 saturated carbocycles. The van der Waals surface area contributed by atoms with Gasteiger partial charge in [0.2, 0.25) is 0 Å². The molecule has 0 aliphatic carbocycles. The highest BCUT2D eigenvalue weighted by Crippen LogP contribution is 2.33. The van der Waals surface area contributed by atoms with Crippen molar-refractivity contribution >= 4 is 17.7 Å². The molecule has 2 aromatic carbocycles. The normalized spacial score (nSPS) is 13.7. The molecule has 1 amide bonds. The zero-order valence-electron chi connectivity index (χ0n) is 13.9. The second-order valence-corrected chi connectivity index (χ2v) is 6.16. The van der Waals surface area contributed by atoms with Gasteiger partial charge in [0.15, 0.2) is 0 Å². The van der Waals surface area contributed by atoms with E-state index in [0.29, 0.717) is 12.1 Å². The van der Waals surface area contributed by atoms with E-state index in [2.05, 4.69) is 5.32 Å². The zero-order chi connectivity index (χ0) is 20.0. The third kappa shape index (κ3) is 6.42.